The van der Waals surface area contributed by atoms with E-state index >= 15 is 0 Å². The van der Waals surface area contributed by atoms with E-state index in [1.165, 1.54) is 10.9 Å². The van der Waals surface area contributed by atoms with Crippen LogP contribution in [-0.2, 0) is 4.74 Å². The first-order chi connectivity index (χ1) is 14.0. The third kappa shape index (κ3) is 4.37. The van der Waals surface area contributed by atoms with Crippen molar-refractivity contribution in [2.75, 3.05) is 24.3 Å². The molecule has 0 bridgehead atoms. The Kier molecular flexibility index (Phi) is 6.13. The van der Waals surface area contributed by atoms with Crippen LogP contribution in [0, 0.1) is 0 Å². The molecule has 2 aromatic carbocycles. The topological polar surface area (TPSA) is 108 Å². The van der Waals surface area contributed by atoms with Crippen molar-refractivity contribution in [2.45, 2.75) is 13.8 Å². The van der Waals surface area contributed by atoms with Crippen molar-refractivity contribution < 1.29 is 19.1 Å². The number of hydrogen-bond acceptors (Lipinski definition) is 6. The predicted molar refractivity (Wildman–Crippen MR) is 109 cm³/mol. The number of ether oxygens (including phenoxy) is 2. The summed E-state index contributed by atoms with van der Waals surface area (Å²) in [5.74, 6) is -0.0216. The maximum Gasteiger partial charge on any atom is 0.343 e. The SMILES string of the molecule is CCOC(=O)c1cnn(-c2ccc(C(=O)Nc3ccccc3OCC)cc2)c1N. The lowest BCUT2D eigenvalue weighted by molar-refractivity contribution is 0.0527. The van der Waals surface area contributed by atoms with Crippen molar-refractivity contribution >= 4 is 23.4 Å². The van der Waals surface area contributed by atoms with Crippen LogP contribution < -0.4 is 15.8 Å². The van der Waals surface area contributed by atoms with Gasteiger partial charge >= 0.3 is 5.97 Å². The van der Waals surface area contributed by atoms with Crippen LogP contribution >= 0.6 is 0 Å². The number of nitrogen functional groups attached to an aromatic ring is 1. The van der Waals surface area contributed by atoms with Gasteiger partial charge in [0, 0.05) is 5.56 Å². The molecule has 150 valence electrons. The lowest BCUT2D eigenvalue weighted by Gasteiger charge is -2.11. The van der Waals surface area contributed by atoms with Gasteiger partial charge in [0.15, 0.2) is 0 Å². The molecular weight excluding hydrogens is 372 g/mol. The van der Waals surface area contributed by atoms with Crippen molar-refractivity contribution in [3.63, 3.8) is 0 Å². The summed E-state index contributed by atoms with van der Waals surface area (Å²) in [6.45, 7) is 4.35. The van der Waals surface area contributed by atoms with Crippen molar-refractivity contribution in [2.24, 2.45) is 0 Å². The zero-order valence-corrected chi connectivity index (χ0v) is 16.2. The Balaban J connectivity index is 1.77. The molecule has 0 unspecified atom stereocenters. The number of anilines is 2. The normalized spacial score (nSPS) is 10.4. The number of nitrogens with zero attached hydrogens (tertiary/aromatic N) is 2. The van der Waals surface area contributed by atoms with Crippen LogP contribution in [0.4, 0.5) is 11.5 Å². The molecule has 0 saturated carbocycles. The zero-order valence-electron chi connectivity index (χ0n) is 16.2. The molecule has 1 amide bonds. The van der Waals surface area contributed by atoms with E-state index in [1.807, 2.05) is 19.1 Å². The maximum absolute atomic E-state index is 12.6. The second kappa shape index (κ2) is 8.92. The summed E-state index contributed by atoms with van der Waals surface area (Å²) in [5, 5.41) is 6.98. The fraction of sp³-hybridized carbons (Fsp3) is 0.190. The number of nitrogens with one attached hydrogen (secondary N) is 1. The summed E-state index contributed by atoms with van der Waals surface area (Å²) >= 11 is 0. The molecule has 1 aromatic heterocycles. The molecule has 1 heterocycles. The summed E-state index contributed by atoms with van der Waals surface area (Å²) < 4.78 is 11.9. The van der Waals surface area contributed by atoms with Gasteiger partial charge in [-0.05, 0) is 50.2 Å². The number of carbonyl (C=O) groups is 2. The molecule has 3 rings (SSSR count). The lowest BCUT2D eigenvalue weighted by atomic mass is 10.2. The smallest absolute Gasteiger partial charge is 0.343 e. The van der Waals surface area contributed by atoms with E-state index in [0.717, 1.165) is 0 Å². The average molecular weight is 394 g/mol. The van der Waals surface area contributed by atoms with E-state index in [4.69, 9.17) is 15.2 Å². The highest BCUT2D eigenvalue weighted by molar-refractivity contribution is 6.05. The van der Waals surface area contributed by atoms with Gasteiger partial charge in [0.1, 0.15) is 17.1 Å². The van der Waals surface area contributed by atoms with Crippen LogP contribution in [0.5, 0.6) is 5.75 Å². The molecule has 3 aromatic rings. The van der Waals surface area contributed by atoms with Gasteiger partial charge in [-0.15, -0.1) is 0 Å². The Labute approximate surface area is 168 Å². The Morgan fingerprint density at radius 2 is 1.79 bits per heavy atom. The number of hydrogen-bond donors (Lipinski definition) is 2. The molecule has 0 atom stereocenters. The van der Waals surface area contributed by atoms with Crippen LogP contribution in [0.2, 0.25) is 0 Å². The van der Waals surface area contributed by atoms with Crippen LogP contribution in [0.3, 0.4) is 0 Å². The number of para-hydroxylation sites is 2. The van der Waals surface area contributed by atoms with Gasteiger partial charge in [-0.3, -0.25) is 4.79 Å². The summed E-state index contributed by atoms with van der Waals surface area (Å²) in [6.07, 6.45) is 1.36. The molecular formula is C21H22N4O4. The molecule has 3 N–H and O–H groups in total. The fourth-order valence-electron chi connectivity index (χ4n) is 2.73. The Morgan fingerprint density at radius 3 is 2.48 bits per heavy atom. The largest absolute Gasteiger partial charge is 0.492 e. The zero-order chi connectivity index (χ0) is 20.8. The van der Waals surface area contributed by atoms with Gasteiger partial charge in [-0.1, -0.05) is 12.1 Å². The molecule has 0 saturated heterocycles. The first kappa shape index (κ1) is 19.9. The minimum Gasteiger partial charge on any atom is -0.492 e. The second-order valence-corrected chi connectivity index (χ2v) is 6.01. The van der Waals surface area contributed by atoms with E-state index in [9.17, 15) is 9.59 Å². The lowest BCUT2D eigenvalue weighted by Crippen LogP contribution is -2.13. The molecule has 0 radical (unpaired) electrons. The van der Waals surface area contributed by atoms with Crippen molar-refractivity contribution in [1.82, 2.24) is 9.78 Å². The van der Waals surface area contributed by atoms with Gasteiger partial charge in [-0.25, -0.2) is 9.48 Å². The number of esters is 1. The second-order valence-electron chi connectivity index (χ2n) is 6.01. The molecule has 0 fully saturated rings. The fourth-order valence-corrected chi connectivity index (χ4v) is 2.73. The van der Waals surface area contributed by atoms with Crippen molar-refractivity contribution in [1.29, 1.82) is 0 Å². The first-order valence-corrected chi connectivity index (χ1v) is 9.19. The van der Waals surface area contributed by atoms with E-state index < -0.39 is 5.97 Å². The number of benzene rings is 2. The highest BCUT2D eigenvalue weighted by Crippen LogP contribution is 2.24. The Hall–Kier alpha value is -3.81. The van der Waals surface area contributed by atoms with Gasteiger partial charge in [0.05, 0.1) is 30.8 Å². The van der Waals surface area contributed by atoms with Gasteiger partial charge in [0.25, 0.3) is 5.91 Å². The highest BCUT2D eigenvalue weighted by Gasteiger charge is 2.17. The predicted octanol–water partition coefficient (Wildman–Crippen LogP) is 3.28. The van der Waals surface area contributed by atoms with Crippen LogP contribution in [0.15, 0.2) is 54.7 Å². The summed E-state index contributed by atoms with van der Waals surface area (Å²) in [7, 11) is 0. The van der Waals surface area contributed by atoms with E-state index in [2.05, 4.69) is 10.4 Å². The van der Waals surface area contributed by atoms with Crippen molar-refractivity contribution in [3.05, 3.63) is 65.9 Å². The van der Waals surface area contributed by atoms with E-state index in [0.29, 0.717) is 29.3 Å². The number of amides is 1. The molecule has 8 nitrogen and oxygen atoms in total. The van der Waals surface area contributed by atoms with E-state index in [-0.39, 0.29) is 23.9 Å². The number of aromatic nitrogens is 2. The Bertz CT molecular complexity index is 1010. The van der Waals surface area contributed by atoms with Crippen LogP contribution in [-0.4, -0.2) is 34.9 Å². The standard InChI is InChI=1S/C21H22N4O4/c1-3-28-18-8-6-5-7-17(18)24-20(26)14-9-11-15(12-10-14)25-19(22)16(13-23-25)21(27)29-4-2/h5-13H,3-4,22H2,1-2H3,(H,24,26). The van der Waals surface area contributed by atoms with Gasteiger partial charge in [-0.2, -0.15) is 5.10 Å². The summed E-state index contributed by atoms with van der Waals surface area (Å²) in [4.78, 5) is 24.5. The van der Waals surface area contributed by atoms with Crippen molar-refractivity contribution in [3.8, 4) is 11.4 Å². The van der Waals surface area contributed by atoms with Crippen LogP contribution in [0.25, 0.3) is 5.69 Å². The quantitative estimate of drug-likeness (QED) is 0.595. The maximum atomic E-state index is 12.6. The minimum atomic E-state index is -0.528. The molecule has 29 heavy (non-hydrogen) atoms. The van der Waals surface area contributed by atoms with Gasteiger partial charge < -0.3 is 20.5 Å². The molecule has 8 heteroatoms. The number of carbonyl (C=O) groups excluding carboxylic acids is 2. The van der Waals surface area contributed by atoms with Crippen LogP contribution in [0.1, 0.15) is 34.6 Å². The number of nitrogens with two attached hydrogens (primary N) is 1. The third-order valence-electron chi connectivity index (χ3n) is 4.11. The molecule has 0 spiro atoms. The summed E-state index contributed by atoms with van der Waals surface area (Å²) in [6, 6.07) is 13.9. The number of rotatable bonds is 7. The van der Waals surface area contributed by atoms with E-state index in [1.54, 1.807) is 43.3 Å². The molecule has 0 aliphatic carbocycles. The average Bonchev–Trinajstić information content (AvgIpc) is 3.11. The summed E-state index contributed by atoms with van der Waals surface area (Å²) in [5.41, 5.74) is 7.88. The molecule has 0 aliphatic heterocycles. The third-order valence-corrected chi connectivity index (χ3v) is 4.11. The minimum absolute atomic E-state index is 0.172. The first-order valence-electron chi connectivity index (χ1n) is 9.19. The highest BCUT2D eigenvalue weighted by atomic mass is 16.5. The molecule has 0 aliphatic rings. The van der Waals surface area contributed by atoms with Gasteiger partial charge in [0.2, 0.25) is 0 Å². The Morgan fingerprint density at radius 1 is 1.07 bits per heavy atom. The monoisotopic (exact) mass is 394 g/mol.